The van der Waals surface area contributed by atoms with E-state index < -0.39 is 31.0 Å². The summed E-state index contributed by atoms with van der Waals surface area (Å²) in [5, 5.41) is 7.25. The van der Waals surface area contributed by atoms with E-state index in [2.05, 4.69) is 24.9 Å². The van der Waals surface area contributed by atoms with Gasteiger partial charge in [0, 0.05) is 5.56 Å². The van der Waals surface area contributed by atoms with Gasteiger partial charge in [-0.25, -0.2) is 23.4 Å². The molecule has 0 aliphatic carbocycles. The molecule has 3 aromatic rings. The molecule has 3 rings (SSSR count). The van der Waals surface area contributed by atoms with Gasteiger partial charge in [0.15, 0.2) is 11.3 Å². The van der Waals surface area contributed by atoms with Gasteiger partial charge in [-0.2, -0.15) is 4.68 Å². The van der Waals surface area contributed by atoms with Crippen LogP contribution in [-0.2, 0) is 11.3 Å². The third-order valence-corrected chi connectivity index (χ3v) is 3.32. The SMILES string of the molecule is [C-]#[N+]c1ccc(-c2ncn3c(=O)n(CCOC(F)(F)F)nnc23)c(F)c1. The van der Waals surface area contributed by atoms with Crippen molar-refractivity contribution in [3.63, 3.8) is 0 Å². The predicted molar refractivity (Wildman–Crippen MR) is 78.7 cm³/mol. The first-order valence-corrected chi connectivity index (χ1v) is 6.99. The summed E-state index contributed by atoms with van der Waals surface area (Å²) in [7, 11) is 0. The fraction of sp³-hybridized carbons (Fsp3) is 0.214. The molecule has 0 spiro atoms. The molecule has 2 aromatic heterocycles. The predicted octanol–water partition coefficient (Wildman–Crippen LogP) is 2.18. The fourth-order valence-corrected chi connectivity index (χ4v) is 2.18. The van der Waals surface area contributed by atoms with Gasteiger partial charge in [-0.3, -0.25) is 4.74 Å². The number of nitrogens with zero attached hydrogens (tertiary/aromatic N) is 6. The standard InChI is InChI=1S/C14H8F4N6O2/c1-19-8-2-3-9(10(15)6-8)11-12-21-22-24(4-5-26-14(16,17)18)13(25)23(12)7-20-11/h2-3,6-7H,4-5H2. The average molecular weight is 368 g/mol. The topological polar surface area (TPSA) is 78.7 Å². The third kappa shape index (κ3) is 3.38. The first kappa shape index (κ1) is 17.5. The Kier molecular flexibility index (Phi) is 4.39. The maximum atomic E-state index is 14.1. The molecule has 0 saturated carbocycles. The molecule has 0 amide bonds. The second kappa shape index (κ2) is 6.52. The Morgan fingerprint density at radius 3 is 2.73 bits per heavy atom. The molecule has 0 aliphatic heterocycles. The van der Waals surface area contributed by atoms with Gasteiger partial charge >= 0.3 is 12.1 Å². The monoisotopic (exact) mass is 368 g/mol. The van der Waals surface area contributed by atoms with E-state index in [9.17, 15) is 22.4 Å². The van der Waals surface area contributed by atoms with Crippen LogP contribution in [0.25, 0.3) is 21.7 Å². The molecule has 0 atom stereocenters. The molecule has 2 heterocycles. The van der Waals surface area contributed by atoms with Crippen LogP contribution in [0.3, 0.4) is 0 Å². The summed E-state index contributed by atoms with van der Waals surface area (Å²) in [6.45, 7) is 5.55. The number of hydrogen-bond acceptors (Lipinski definition) is 5. The minimum atomic E-state index is -4.82. The average Bonchev–Trinajstić information content (AvgIpc) is 3.00. The number of halogens is 4. The zero-order valence-corrected chi connectivity index (χ0v) is 12.7. The lowest BCUT2D eigenvalue weighted by atomic mass is 10.1. The van der Waals surface area contributed by atoms with Crippen LogP contribution in [0.5, 0.6) is 0 Å². The zero-order chi connectivity index (χ0) is 18.9. The summed E-state index contributed by atoms with van der Waals surface area (Å²) in [5.41, 5.74) is -0.767. The van der Waals surface area contributed by atoms with E-state index in [1.54, 1.807) is 0 Å². The number of alkyl halides is 3. The Balaban J connectivity index is 1.96. The van der Waals surface area contributed by atoms with Gasteiger partial charge < -0.3 is 0 Å². The van der Waals surface area contributed by atoms with Gasteiger partial charge in [0.2, 0.25) is 0 Å². The van der Waals surface area contributed by atoms with E-state index in [1.165, 1.54) is 12.1 Å². The van der Waals surface area contributed by atoms with E-state index in [4.69, 9.17) is 6.57 Å². The largest absolute Gasteiger partial charge is 0.522 e. The van der Waals surface area contributed by atoms with E-state index in [0.29, 0.717) is 4.68 Å². The van der Waals surface area contributed by atoms with Crippen LogP contribution >= 0.6 is 0 Å². The molecule has 0 radical (unpaired) electrons. The van der Waals surface area contributed by atoms with Crippen LogP contribution in [0.15, 0.2) is 29.3 Å². The lowest BCUT2D eigenvalue weighted by Crippen LogP contribution is -2.32. The number of benzene rings is 1. The zero-order valence-electron chi connectivity index (χ0n) is 12.7. The number of fused-ring (bicyclic) bond motifs is 1. The third-order valence-electron chi connectivity index (χ3n) is 3.32. The highest BCUT2D eigenvalue weighted by Gasteiger charge is 2.28. The van der Waals surface area contributed by atoms with Crippen molar-refractivity contribution in [3.8, 4) is 11.3 Å². The molecule has 0 saturated heterocycles. The molecule has 0 fully saturated rings. The van der Waals surface area contributed by atoms with E-state index >= 15 is 0 Å². The molecule has 0 aliphatic rings. The van der Waals surface area contributed by atoms with Gasteiger partial charge in [0.05, 0.1) is 19.7 Å². The van der Waals surface area contributed by atoms with E-state index in [-0.39, 0.29) is 22.6 Å². The number of aromatic nitrogens is 5. The summed E-state index contributed by atoms with van der Waals surface area (Å²) in [5.74, 6) is -0.733. The minimum Gasteiger partial charge on any atom is -0.290 e. The van der Waals surface area contributed by atoms with E-state index in [0.717, 1.165) is 16.8 Å². The number of ether oxygens (including phenoxy) is 1. The van der Waals surface area contributed by atoms with Crippen molar-refractivity contribution >= 4 is 11.3 Å². The summed E-state index contributed by atoms with van der Waals surface area (Å²) in [4.78, 5) is 19.2. The lowest BCUT2D eigenvalue weighted by molar-refractivity contribution is -0.325. The highest BCUT2D eigenvalue weighted by Crippen LogP contribution is 2.27. The van der Waals surface area contributed by atoms with Crippen molar-refractivity contribution in [3.05, 3.63) is 52.2 Å². The van der Waals surface area contributed by atoms with Crippen LogP contribution < -0.4 is 5.69 Å². The van der Waals surface area contributed by atoms with Crippen LogP contribution in [0.2, 0.25) is 0 Å². The van der Waals surface area contributed by atoms with Gasteiger partial charge in [0.25, 0.3) is 0 Å². The van der Waals surface area contributed by atoms with Crippen LogP contribution in [0.1, 0.15) is 0 Å². The Morgan fingerprint density at radius 1 is 1.31 bits per heavy atom. The first-order chi connectivity index (χ1) is 12.3. The molecule has 12 heteroatoms. The Hall–Kier alpha value is -3.33. The highest BCUT2D eigenvalue weighted by molar-refractivity contribution is 5.75. The smallest absolute Gasteiger partial charge is 0.290 e. The Morgan fingerprint density at radius 2 is 2.08 bits per heavy atom. The molecule has 8 nitrogen and oxygen atoms in total. The van der Waals surface area contributed by atoms with Gasteiger partial charge in [0.1, 0.15) is 17.8 Å². The molecule has 0 N–H and O–H groups in total. The molecular weight excluding hydrogens is 360 g/mol. The van der Waals surface area contributed by atoms with Crippen molar-refractivity contribution in [1.82, 2.24) is 24.4 Å². The second-order valence-corrected chi connectivity index (χ2v) is 4.95. The maximum Gasteiger partial charge on any atom is 0.522 e. The van der Waals surface area contributed by atoms with Gasteiger partial charge in [-0.1, -0.05) is 17.3 Å². The van der Waals surface area contributed by atoms with Crippen LogP contribution in [0.4, 0.5) is 23.2 Å². The van der Waals surface area contributed by atoms with Crippen LogP contribution in [-0.4, -0.2) is 37.3 Å². The lowest BCUT2D eigenvalue weighted by Gasteiger charge is -2.07. The molecule has 0 bridgehead atoms. The molecule has 26 heavy (non-hydrogen) atoms. The quantitative estimate of drug-likeness (QED) is 0.521. The Bertz CT molecular complexity index is 1070. The fourth-order valence-electron chi connectivity index (χ4n) is 2.18. The number of hydrogen-bond donors (Lipinski definition) is 0. The van der Waals surface area contributed by atoms with Gasteiger partial charge in [-0.05, 0) is 6.07 Å². The number of imidazole rings is 1. The minimum absolute atomic E-state index is 0.00625. The molecule has 134 valence electrons. The Labute approximate surface area is 142 Å². The van der Waals surface area contributed by atoms with Crippen molar-refractivity contribution in [2.45, 2.75) is 12.9 Å². The van der Waals surface area contributed by atoms with Crippen LogP contribution in [0, 0.1) is 12.4 Å². The second-order valence-electron chi connectivity index (χ2n) is 4.95. The summed E-state index contributed by atoms with van der Waals surface area (Å²) < 4.78 is 55.3. The van der Waals surface area contributed by atoms with Gasteiger partial charge in [-0.15, -0.1) is 18.3 Å². The molecule has 1 aromatic carbocycles. The van der Waals surface area contributed by atoms with Crippen molar-refractivity contribution in [2.24, 2.45) is 0 Å². The number of rotatable bonds is 4. The maximum absolute atomic E-state index is 14.1. The summed E-state index contributed by atoms with van der Waals surface area (Å²) >= 11 is 0. The van der Waals surface area contributed by atoms with Crippen molar-refractivity contribution < 1.29 is 22.3 Å². The van der Waals surface area contributed by atoms with Crippen molar-refractivity contribution in [1.29, 1.82) is 0 Å². The molecular formula is C14H8F4N6O2. The normalized spacial score (nSPS) is 11.7. The summed E-state index contributed by atoms with van der Waals surface area (Å²) in [6.07, 6.45) is -3.76. The summed E-state index contributed by atoms with van der Waals surface area (Å²) in [6, 6.07) is 3.70. The highest BCUT2D eigenvalue weighted by atomic mass is 19.4. The first-order valence-electron chi connectivity index (χ1n) is 6.99. The van der Waals surface area contributed by atoms with E-state index in [1.807, 2.05) is 0 Å². The van der Waals surface area contributed by atoms with Crippen molar-refractivity contribution in [2.75, 3.05) is 6.61 Å². The molecule has 0 unspecified atom stereocenters.